The Bertz CT molecular complexity index is 964. The first-order valence-electron chi connectivity index (χ1n) is 10.3. The lowest BCUT2D eigenvalue weighted by molar-refractivity contribution is -0.128. The number of aryl methyl sites for hydroxylation is 1. The predicted molar refractivity (Wildman–Crippen MR) is 119 cm³/mol. The molecule has 0 fully saturated rings. The SMILES string of the molecule is Cc1ccc(NC(=O)CNC(=O)C2Cc3ccccc3CN2C(=O)OC(C)(C)C)cc1. The maximum absolute atomic E-state index is 12.9. The molecule has 1 aliphatic heterocycles. The zero-order valence-electron chi connectivity index (χ0n) is 18.4. The van der Waals surface area contributed by atoms with Crippen molar-refractivity contribution in [2.45, 2.75) is 52.3 Å². The molecule has 31 heavy (non-hydrogen) atoms. The van der Waals surface area contributed by atoms with E-state index in [1.807, 2.05) is 43.3 Å². The maximum Gasteiger partial charge on any atom is 0.411 e. The lowest BCUT2D eigenvalue weighted by atomic mass is 9.94. The highest BCUT2D eigenvalue weighted by Crippen LogP contribution is 2.25. The van der Waals surface area contributed by atoms with Gasteiger partial charge in [-0.3, -0.25) is 14.5 Å². The molecule has 0 bridgehead atoms. The minimum absolute atomic E-state index is 0.187. The van der Waals surface area contributed by atoms with E-state index in [-0.39, 0.29) is 24.9 Å². The molecule has 1 aliphatic rings. The van der Waals surface area contributed by atoms with E-state index in [0.29, 0.717) is 12.1 Å². The van der Waals surface area contributed by atoms with Gasteiger partial charge in [-0.15, -0.1) is 0 Å². The fraction of sp³-hybridized carbons (Fsp3) is 0.375. The highest BCUT2D eigenvalue weighted by Gasteiger charge is 2.36. The molecule has 164 valence electrons. The molecule has 3 amide bonds. The molecule has 3 rings (SSSR count). The molecule has 2 aromatic carbocycles. The van der Waals surface area contributed by atoms with Crippen molar-refractivity contribution in [3.8, 4) is 0 Å². The number of carbonyl (C=O) groups excluding carboxylic acids is 3. The van der Waals surface area contributed by atoms with Crippen LogP contribution in [-0.4, -0.2) is 41.0 Å². The summed E-state index contributed by atoms with van der Waals surface area (Å²) in [5, 5.41) is 5.41. The summed E-state index contributed by atoms with van der Waals surface area (Å²) in [5.74, 6) is -0.725. The summed E-state index contributed by atoms with van der Waals surface area (Å²) in [6, 6.07) is 14.3. The quantitative estimate of drug-likeness (QED) is 0.789. The second-order valence-corrected chi connectivity index (χ2v) is 8.73. The third kappa shape index (κ3) is 6.07. The zero-order chi connectivity index (χ0) is 22.6. The fourth-order valence-electron chi connectivity index (χ4n) is 3.40. The van der Waals surface area contributed by atoms with Gasteiger partial charge in [0.1, 0.15) is 11.6 Å². The van der Waals surface area contributed by atoms with E-state index in [1.54, 1.807) is 32.9 Å². The van der Waals surface area contributed by atoms with Crippen molar-refractivity contribution in [3.63, 3.8) is 0 Å². The van der Waals surface area contributed by atoms with E-state index in [2.05, 4.69) is 10.6 Å². The predicted octanol–water partition coefficient (Wildman–Crippen LogP) is 3.41. The zero-order valence-corrected chi connectivity index (χ0v) is 18.4. The topological polar surface area (TPSA) is 87.7 Å². The van der Waals surface area contributed by atoms with Crippen LogP contribution in [0.3, 0.4) is 0 Å². The smallest absolute Gasteiger partial charge is 0.411 e. The molecule has 7 heteroatoms. The van der Waals surface area contributed by atoms with Gasteiger partial charge in [0, 0.05) is 12.1 Å². The summed E-state index contributed by atoms with van der Waals surface area (Å²) in [7, 11) is 0. The molecule has 0 saturated heterocycles. The van der Waals surface area contributed by atoms with Crippen LogP contribution in [0.2, 0.25) is 0 Å². The van der Waals surface area contributed by atoms with Crippen molar-refractivity contribution in [1.82, 2.24) is 10.2 Å². The van der Waals surface area contributed by atoms with E-state index in [4.69, 9.17) is 4.74 Å². The lowest BCUT2D eigenvalue weighted by Gasteiger charge is -2.36. The summed E-state index contributed by atoms with van der Waals surface area (Å²) in [6.45, 7) is 7.41. The van der Waals surface area contributed by atoms with E-state index in [9.17, 15) is 14.4 Å². The number of nitrogens with one attached hydrogen (secondary N) is 2. The minimum atomic E-state index is -0.753. The first-order chi connectivity index (χ1) is 14.6. The van der Waals surface area contributed by atoms with E-state index >= 15 is 0 Å². The van der Waals surface area contributed by atoms with Gasteiger partial charge in [-0.25, -0.2) is 4.79 Å². The molecular weight excluding hydrogens is 394 g/mol. The Morgan fingerprint density at radius 1 is 1.03 bits per heavy atom. The molecular formula is C24H29N3O4. The standard InChI is InChI=1S/C24H29N3O4/c1-16-9-11-19(12-10-16)26-21(28)14-25-22(29)20-13-17-7-5-6-8-18(17)15-27(20)23(30)31-24(2,3)4/h5-12,20H,13-15H2,1-4H3,(H,25,29)(H,26,28). The molecule has 2 N–H and O–H groups in total. The molecule has 0 aliphatic carbocycles. The molecule has 2 aromatic rings. The number of benzene rings is 2. The first-order valence-corrected chi connectivity index (χ1v) is 10.3. The van der Waals surface area contributed by atoms with Gasteiger partial charge in [-0.1, -0.05) is 42.0 Å². The number of ether oxygens (including phenoxy) is 1. The number of hydrogen-bond acceptors (Lipinski definition) is 4. The Morgan fingerprint density at radius 2 is 1.68 bits per heavy atom. The summed E-state index contributed by atoms with van der Waals surface area (Å²) in [5.41, 5.74) is 3.06. The Morgan fingerprint density at radius 3 is 2.32 bits per heavy atom. The second kappa shape index (κ2) is 9.20. The van der Waals surface area contributed by atoms with Crippen molar-refractivity contribution in [2.24, 2.45) is 0 Å². The number of anilines is 1. The highest BCUT2D eigenvalue weighted by molar-refractivity contribution is 5.96. The highest BCUT2D eigenvalue weighted by atomic mass is 16.6. The molecule has 0 spiro atoms. The van der Waals surface area contributed by atoms with Crippen molar-refractivity contribution in [3.05, 3.63) is 65.2 Å². The first kappa shape index (κ1) is 22.3. The number of hydrogen-bond donors (Lipinski definition) is 2. The molecule has 1 atom stereocenters. The molecule has 0 radical (unpaired) electrons. The lowest BCUT2D eigenvalue weighted by Crippen LogP contribution is -2.54. The molecule has 1 unspecified atom stereocenters. The van der Waals surface area contributed by atoms with Crippen LogP contribution < -0.4 is 10.6 Å². The van der Waals surface area contributed by atoms with Crippen LogP contribution in [0.5, 0.6) is 0 Å². The summed E-state index contributed by atoms with van der Waals surface area (Å²) in [6.07, 6.45) is -0.188. The van der Waals surface area contributed by atoms with Gasteiger partial charge < -0.3 is 15.4 Å². The summed E-state index contributed by atoms with van der Waals surface area (Å²) >= 11 is 0. The second-order valence-electron chi connectivity index (χ2n) is 8.73. The van der Waals surface area contributed by atoms with Crippen molar-refractivity contribution < 1.29 is 19.1 Å². The van der Waals surface area contributed by atoms with Crippen LogP contribution in [0, 0.1) is 6.92 Å². The summed E-state index contributed by atoms with van der Waals surface area (Å²) in [4.78, 5) is 39.4. The normalized spacial score (nSPS) is 15.6. The van der Waals surface area contributed by atoms with Crippen molar-refractivity contribution >= 4 is 23.6 Å². The molecule has 7 nitrogen and oxygen atoms in total. The largest absolute Gasteiger partial charge is 0.444 e. The van der Waals surface area contributed by atoms with Gasteiger partial charge in [-0.05, 0) is 51.0 Å². The number of amides is 3. The molecule has 0 aromatic heterocycles. The van der Waals surface area contributed by atoms with Crippen LogP contribution in [-0.2, 0) is 27.3 Å². The maximum atomic E-state index is 12.9. The Kier molecular flexibility index (Phi) is 6.63. The Balaban J connectivity index is 1.68. The van der Waals surface area contributed by atoms with Crippen molar-refractivity contribution in [2.75, 3.05) is 11.9 Å². The van der Waals surface area contributed by atoms with Gasteiger partial charge in [0.25, 0.3) is 0 Å². The van der Waals surface area contributed by atoms with Crippen LogP contribution in [0.1, 0.15) is 37.5 Å². The monoisotopic (exact) mass is 423 g/mol. The van der Waals surface area contributed by atoms with E-state index in [1.165, 1.54) is 4.90 Å². The number of nitrogens with zero attached hydrogens (tertiary/aromatic N) is 1. The van der Waals surface area contributed by atoms with Crippen LogP contribution in [0.25, 0.3) is 0 Å². The third-order valence-electron chi connectivity index (χ3n) is 4.94. The number of carbonyl (C=O) groups is 3. The van der Waals surface area contributed by atoms with E-state index < -0.39 is 17.7 Å². The van der Waals surface area contributed by atoms with Gasteiger partial charge >= 0.3 is 6.09 Å². The van der Waals surface area contributed by atoms with Crippen molar-refractivity contribution in [1.29, 1.82) is 0 Å². The van der Waals surface area contributed by atoms with Gasteiger partial charge in [0.2, 0.25) is 11.8 Å². The van der Waals surface area contributed by atoms with E-state index in [0.717, 1.165) is 16.7 Å². The number of rotatable bonds is 4. The van der Waals surface area contributed by atoms with Crippen LogP contribution >= 0.6 is 0 Å². The van der Waals surface area contributed by atoms with Gasteiger partial charge in [-0.2, -0.15) is 0 Å². The Hall–Kier alpha value is -3.35. The Labute approximate surface area is 182 Å². The third-order valence-corrected chi connectivity index (χ3v) is 4.94. The average molecular weight is 424 g/mol. The molecule has 1 heterocycles. The average Bonchev–Trinajstić information content (AvgIpc) is 2.71. The molecule has 0 saturated carbocycles. The minimum Gasteiger partial charge on any atom is -0.444 e. The van der Waals surface area contributed by atoms with Gasteiger partial charge in [0.15, 0.2) is 0 Å². The summed E-state index contributed by atoms with van der Waals surface area (Å²) < 4.78 is 5.51. The van der Waals surface area contributed by atoms with Crippen LogP contribution in [0.4, 0.5) is 10.5 Å². The fourth-order valence-corrected chi connectivity index (χ4v) is 3.40. The van der Waals surface area contributed by atoms with Gasteiger partial charge in [0.05, 0.1) is 13.1 Å². The number of fused-ring (bicyclic) bond motifs is 1. The van der Waals surface area contributed by atoms with Crippen LogP contribution in [0.15, 0.2) is 48.5 Å².